The minimum absolute atomic E-state index is 0.348. The van der Waals surface area contributed by atoms with E-state index >= 15 is 0 Å². The number of carboxylic acid groups (broad SMARTS) is 1. The summed E-state index contributed by atoms with van der Waals surface area (Å²) >= 11 is 0. The number of ether oxygens (including phenoxy) is 1. The predicted molar refractivity (Wildman–Crippen MR) is 79.6 cm³/mol. The van der Waals surface area contributed by atoms with Gasteiger partial charge in [-0.05, 0) is 66.8 Å². The van der Waals surface area contributed by atoms with Crippen LogP contribution < -0.4 is 4.74 Å². The lowest BCUT2D eigenvalue weighted by atomic mass is 9.92. The summed E-state index contributed by atoms with van der Waals surface area (Å²) < 4.78 is 5.20. The third kappa shape index (κ3) is 2.52. The monoisotopic (exact) mass is 270 g/mol. The van der Waals surface area contributed by atoms with Gasteiger partial charge in [0.1, 0.15) is 5.75 Å². The van der Waals surface area contributed by atoms with Crippen molar-refractivity contribution in [3.63, 3.8) is 0 Å². The Morgan fingerprint density at radius 1 is 0.950 bits per heavy atom. The highest BCUT2D eigenvalue weighted by Gasteiger charge is 2.13. The zero-order chi connectivity index (χ0) is 14.9. The van der Waals surface area contributed by atoms with Gasteiger partial charge < -0.3 is 9.84 Å². The van der Waals surface area contributed by atoms with Crippen LogP contribution in [0.15, 0.2) is 30.3 Å². The number of carboxylic acids is 1. The van der Waals surface area contributed by atoms with Crippen molar-refractivity contribution < 1.29 is 14.6 Å². The molecule has 2 rings (SSSR count). The topological polar surface area (TPSA) is 46.5 Å². The molecular weight excluding hydrogens is 252 g/mol. The number of carbonyl (C=O) groups is 1. The van der Waals surface area contributed by atoms with Gasteiger partial charge in [0, 0.05) is 0 Å². The second kappa shape index (κ2) is 5.37. The molecule has 0 aliphatic carbocycles. The summed E-state index contributed by atoms with van der Waals surface area (Å²) in [5.74, 6) is -0.0932. The smallest absolute Gasteiger partial charge is 0.335 e. The van der Waals surface area contributed by atoms with Crippen molar-refractivity contribution in [1.29, 1.82) is 0 Å². The maximum Gasteiger partial charge on any atom is 0.335 e. The van der Waals surface area contributed by atoms with E-state index in [1.54, 1.807) is 13.2 Å². The van der Waals surface area contributed by atoms with Crippen LogP contribution in [0.2, 0.25) is 0 Å². The molecule has 20 heavy (non-hydrogen) atoms. The maximum atomic E-state index is 11.3. The zero-order valence-corrected chi connectivity index (χ0v) is 12.2. The van der Waals surface area contributed by atoms with Gasteiger partial charge in [0.25, 0.3) is 0 Å². The number of aromatic carboxylic acids is 1. The SMILES string of the molecule is COc1ccc(-c2cc(C(=O)O)c(C)cc2C)c(C)c1. The third-order valence-electron chi connectivity index (χ3n) is 3.53. The lowest BCUT2D eigenvalue weighted by Crippen LogP contribution is -2.01. The summed E-state index contributed by atoms with van der Waals surface area (Å²) in [5, 5.41) is 9.26. The molecule has 0 saturated carbocycles. The summed E-state index contributed by atoms with van der Waals surface area (Å²) in [5.41, 5.74) is 5.25. The van der Waals surface area contributed by atoms with Crippen molar-refractivity contribution >= 4 is 5.97 Å². The zero-order valence-electron chi connectivity index (χ0n) is 12.2. The molecule has 0 fully saturated rings. The van der Waals surface area contributed by atoms with Crippen LogP contribution in [0.3, 0.4) is 0 Å². The molecule has 0 heterocycles. The molecular formula is C17H18O3. The van der Waals surface area contributed by atoms with Gasteiger partial charge in [-0.2, -0.15) is 0 Å². The van der Waals surface area contributed by atoms with Crippen LogP contribution in [-0.2, 0) is 0 Å². The number of aryl methyl sites for hydroxylation is 3. The number of hydrogen-bond acceptors (Lipinski definition) is 2. The van der Waals surface area contributed by atoms with Gasteiger partial charge in [0.15, 0.2) is 0 Å². The predicted octanol–water partition coefficient (Wildman–Crippen LogP) is 3.99. The highest BCUT2D eigenvalue weighted by atomic mass is 16.5. The van der Waals surface area contributed by atoms with E-state index in [0.29, 0.717) is 5.56 Å². The van der Waals surface area contributed by atoms with E-state index in [-0.39, 0.29) is 0 Å². The molecule has 104 valence electrons. The number of rotatable bonds is 3. The van der Waals surface area contributed by atoms with Gasteiger partial charge in [-0.15, -0.1) is 0 Å². The van der Waals surface area contributed by atoms with E-state index in [4.69, 9.17) is 4.74 Å². The molecule has 3 heteroatoms. The third-order valence-corrected chi connectivity index (χ3v) is 3.53. The first-order valence-corrected chi connectivity index (χ1v) is 6.43. The quantitative estimate of drug-likeness (QED) is 0.917. The maximum absolute atomic E-state index is 11.3. The summed E-state index contributed by atoms with van der Waals surface area (Å²) in [6, 6.07) is 9.48. The Morgan fingerprint density at radius 3 is 2.15 bits per heavy atom. The standard InChI is InChI=1S/C17H18O3/c1-10-7-11(2)16(17(18)19)9-15(10)14-6-5-13(20-4)8-12(14)3/h5-9H,1-4H3,(H,18,19). The molecule has 0 aromatic heterocycles. The van der Waals surface area contributed by atoms with Gasteiger partial charge in [-0.3, -0.25) is 0 Å². The summed E-state index contributed by atoms with van der Waals surface area (Å²) in [4.78, 5) is 11.3. The molecule has 2 aromatic carbocycles. The van der Waals surface area contributed by atoms with Crippen LogP contribution >= 0.6 is 0 Å². The minimum Gasteiger partial charge on any atom is -0.497 e. The molecule has 0 bridgehead atoms. The molecule has 2 aromatic rings. The average Bonchev–Trinajstić information content (AvgIpc) is 2.39. The Kier molecular flexibility index (Phi) is 3.79. The van der Waals surface area contributed by atoms with Crippen molar-refractivity contribution in [2.45, 2.75) is 20.8 Å². The van der Waals surface area contributed by atoms with E-state index < -0.39 is 5.97 Å². The lowest BCUT2D eigenvalue weighted by Gasteiger charge is -2.13. The molecule has 0 amide bonds. The van der Waals surface area contributed by atoms with Crippen LogP contribution in [0.25, 0.3) is 11.1 Å². The fraction of sp³-hybridized carbons (Fsp3) is 0.235. The highest BCUT2D eigenvalue weighted by molar-refractivity contribution is 5.92. The largest absolute Gasteiger partial charge is 0.497 e. The second-order valence-electron chi connectivity index (χ2n) is 4.97. The van der Waals surface area contributed by atoms with Gasteiger partial charge in [-0.1, -0.05) is 12.1 Å². The Hall–Kier alpha value is -2.29. The van der Waals surface area contributed by atoms with E-state index in [2.05, 4.69) is 0 Å². The van der Waals surface area contributed by atoms with E-state index in [0.717, 1.165) is 33.6 Å². The van der Waals surface area contributed by atoms with Gasteiger partial charge in [-0.25, -0.2) is 4.79 Å². The Morgan fingerprint density at radius 2 is 1.60 bits per heavy atom. The Bertz CT molecular complexity index is 672. The van der Waals surface area contributed by atoms with E-state index in [1.165, 1.54) is 0 Å². The lowest BCUT2D eigenvalue weighted by molar-refractivity contribution is 0.0696. The van der Waals surface area contributed by atoms with Gasteiger partial charge in [0.2, 0.25) is 0 Å². The fourth-order valence-electron chi connectivity index (χ4n) is 2.44. The first-order valence-electron chi connectivity index (χ1n) is 6.43. The number of hydrogen-bond donors (Lipinski definition) is 1. The van der Waals surface area contributed by atoms with Crippen molar-refractivity contribution in [3.8, 4) is 16.9 Å². The summed E-state index contributed by atoms with van der Waals surface area (Å²) in [6.45, 7) is 5.82. The van der Waals surface area contributed by atoms with Crippen LogP contribution in [0, 0.1) is 20.8 Å². The summed E-state index contributed by atoms with van der Waals surface area (Å²) in [6.07, 6.45) is 0. The van der Waals surface area contributed by atoms with Crippen LogP contribution in [0.4, 0.5) is 0 Å². The summed E-state index contributed by atoms with van der Waals surface area (Å²) in [7, 11) is 1.63. The van der Waals surface area contributed by atoms with Crippen LogP contribution in [0.5, 0.6) is 5.75 Å². The Labute approximate surface area is 118 Å². The molecule has 0 saturated heterocycles. The number of benzene rings is 2. The molecule has 0 spiro atoms. The molecule has 1 N–H and O–H groups in total. The first-order chi connectivity index (χ1) is 9.43. The molecule has 0 aliphatic heterocycles. The molecule has 3 nitrogen and oxygen atoms in total. The van der Waals surface area contributed by atoms with Crippen LogP contribution in [0.1, 0.15) is 27.0 Å². The van der Waals surface area contributed by atoms with Crippen LogP contribution in [-0.4, -0.2) is 18.2 Å². The molecule has 0 radical (unpaired) electrons. The molecule has 0 atom stereocenters. The second-order valence-corrected chi connectivity index (χ2v) is 4.97. The van der Waals surface area contributed by atoms with E-state index in [9.17, 15) is 9.90 Å². The molecule has 0 aliphatic rings. The van der Waals surface area contributed by atoms with Crippen molar-refractivity contribution in [1.82, 2.24) is 0 Å². The average molecular weight is 270 g/mol. The Balaban J connectivity index is 2.63. The fourth-order valence-corrected chi connectivity index (χ4v) is 2.44. The first kappa shape index (κ1) is 14.1. The van der Waals surface area contributed by atoms with Crippen molar-refractivity contribution in [2.75, 3.05) is 7.11 Å². The molecule has 0 unspecified atom stereocenters. The van der Waals surface area contributed by atoms with E-state index in [1.807, 2.05) is 45.0 Å². The minimum atomic E-state index is -0.894. The van der Waals surface area contributed by atoms with Crippen molar-refractivity contribution in [2.24, 2.45) is 0 Å². The highest BCUT2D eigenvalue weighted by Crippen LogP contribution is 2.31. The van der Waals surface area contributed by atoms with Gasteiger partial charge >= 0.3 is 5.97 Å². The number of methoxy groups -OCH3 is 1. The normalized spacial score (nSPS) is 10.4. The van der Waals surface area contributed by atoms with Crippen molar-refractivity contribution in [3.05, 3.63) is 52.6 Å². The van der Waals surface area contributed by atoms with Gasteiger partial charge in [0.05, 0.1) is 12.7 Å².